The molecule has 2 aromatic rings. The number of fused-ring (bicyclic) bond motifs is 1. The van der Waals surface area contributed by atoms with Gasteiger partial charge in [-0.2, -0.15) is 0 Å². The van der Waals surface area contributed by atoms with E-state index in [1.165, 1.54) is 24.6 Å². The lowest BCUT2D eigenvalue weighted by Crippen LogP contribution is -2.07. The Labute approximate surface area is 127 Å². The molecule has 1 heterocycles. The molecule has 0 saturated heterocycles. The molecule has 108 valence electrons. The van der Waals surface area contributed by atoms with Crippen molar-refractivity contribution in [1.29, 1.82) is 0 Å². The topological polar surface area (TPSA) is 55.1 Å². The second-order valence-electron chi connectivity index (χ2n) is 5.10. The molecular weight excluding hydrogens is 288 g/mol. The number of rotatable bonds is 3. The number of carboxylic acid groups (broad SMARTS) is 1. The Morgan fingerprint density at radius 2 is 2.14 bits per heavy atom. The Kier molecular flexibility index (Phi) is 3.80. The van der Waals surface area contributed by atoms with Gasteiger partial charge >= 0.3 is 5.97 Å². The van der Waals surface area contributed by atoms with Gasteiger partial charge in [-0.1, -0.05) is 17.7 Å². The Bertz CT molecular complexity index is 719. The second-order valence-corrected chi connectivity index (χ2v) is 5.50. The number of aryl methyl sites for hydroxylation is 1. The van der Waals surface area contributed by atoms with Crippen LogP contribution in [-0.2, 0) is 17.6 Å². The Balaban J connectivity index is 1.96. The number of hydrogen-bond donors (Lipinski definition) is 1. The molecule has 1 aliphatic carbocycles. The van der Waals surface area contributed by atoms with Gasteiger partial charge in [0, 0.05) is 11.8 Å². The highest BCUT2D eigenvalue weighted by atomic mass is 35.5. The minimum absolute atomic E-state index is 0.591. The van der Waals surface area contributed by atoms with Crippen LogP contribution < -0.4 is 0 Å². The summed E-state index contributed by atoms with van der Waals surface area (Å²) in [5.74, 6) is -0.973. The second kappa shape index (κ2) is 5.74. The Morgan fingerprint density at radius 1 is 1.33 bits per heavy atom. The fourth-order valence-corrected chi connectivity index (χ4v) is 2.95. The van der Waals surface area contributed by atoms with Crippen molar-refractivity contribution >= 4 is 23.6 Å². The lowest BCUT2D eigenvalue weighted by atomic mass is 10.0. The average Bonchev–Trinajstić information content (AvgIpc) is 2.89. The largest absolute Gasteiger partial charge is 0.478 e. The molecule has 0 aliphatic heterocycles. The number of carboxylic acids is 1. The number of benzene rings is 1. The lowest BCUT2D eigenvalue weighted by molar-refractivity contribution is -0.131. The summed E-state index contributed by atoms with van der Waals surface area (Å²) in [7, 11) is 0. The van der Waals surface area contributed by atoms with Crippen molar-refractivity contribution in [3.63, 3.8) is 0 Å². The summed E-state index contributed by atoms with van der Waals surface area (Å²) in [5.41, 5.74) is 4.05. The average molecular weight is 303 g/mol. The van der Waals surface area contributed by atoms with E-state index in [1.54, 1.807) is 6.07 Å². The van der Waals surface area contributed by atoms with Crippen LogP contribution in [0.15, 0.2) is 30.6 Å². The van der Waals surface area contributed by atoms with E-state index in [1.807, 2.05) is 23.0 Å². The normalized spacial score (nSPS) is 14.3. The molecule has 5 heteroatoms. The molecule has 0 unspecified atom stereocenters. The van der Waals surface area contributed by atoms with Crippen molar-refractivity contribution < 1.29 is 9.90 Å². The summed E-state index contributed by atoms with van der Waals surface area (Å²) < 4.78 is 2.04. The predicted octanol–water partition coefficient (Wildman–Crippen LogP) is 3.50. The van der Waals surface area contributed by atoms with Gasteiger partial charge in [-0.25, -0.2) is 9.78 Å². The van der Waals surface area contributed by atoms with E-state index in [0.717, 1.165) is 35.9 Å². The van der Waals surface area contributed by atoms with Crippen LogP contribution in [0.5, 0.6) is 0 Å². The third-order valence-electron chi connectivity index (χ3n) is 3.68. The van der Waals surface area contributed by atoms with Gasteiger partial charge in [-0.05, 0) is 49.5 Å². The summed E-state index contributed by atoms with van der Waals surface area (Å²) in [4.78, 5) is 15.0. The number of halogens is 1. The first-order valence-corrected chi connectivity index (χ1v) is 7.29. The van der Waals surface area contributed by atoms with Gasteiger partial charge in [0.2, 0.25) is 0 Å². The van der Waals surface area contributed by atoms with Crippen molar-refractivity contribution in [1.82, 2.24) is 9.55 Å². The zero-order valence-electron chi connectivity index (χ0n) is 11.4. The molecule has 0 bridgehead atoms. The standard InChI is InChI=1S/C16H15ClN2O2/c17-12-9-11(6-8-16(20)21)5-7-14(12)19-10-18-13-3-1-2-4-15(13)19/h5-10H,1-4H2,(H,20,21)/b8-6+. The molecule has 1 aliphatic rings. The lowest BCUT2D eigenvalue weighted by Gasteiger charge is -2.15. The molecule has 1 aromatic carbocycles. The molecule has 0 atom stereocenters. The van der Waals surface area contributed by atoms with Crippen LogP contribution in [0.1, 0.15) is 29.8 Å². The molecule has 1 N–H and O–H groups in total. The third-order valence-corrected chi connectivity index (χ3v) is 3.98. The number of imidazole rings is 1. The predicted molar refractivity (Wildman–Crippen MR) is 81.9 cm³/mol. The zero-order chi connectivity index (χ0) is 14.8. The molecular formula is C16H15ClN2O2. The smallest absolute Gasteiger partial charge is 0.328 e. The van der Waals surface area contributed by atoms with Crippen molar-refractivity contribution in [2.75, 3.05) is 0 Å². The van der Waals surface area contributed by atoms with Gasteiger partial charge in [0.1, 0.15) is 0 Å². The van der Waals surface area contributed by atoms with Crippen molar-refractivity contribution in [2.45, 2.75) is 25.7 Å². The highest BCUT2D eigenvalue weighted by Crippen LogP contribution is 2.28. The molecule has 21 heavy (non-hydrogen) atoms. The van der Waals surface area contributed by atoms with E-state index in [0.29, 0.717) is 5.02 Å². The van der Waals surface area contributed by atoms with Crippen LogP contribution in [0, 0.1) is 0 Å². The Hall–Kier alpha value is -2.07. The summed E-state index contributed by atoms with van der Waals surface area (Å²) in [6, 6.07) is 5.53. The minimum Gasteiger partial charge on any atom is -0.478 e. The van der Waals surface area contributed by atoms with E-state index in [4.69, 9.17) is 16.7 Å². The van der Waals surface area contributed by atoms with Crippen LogP contribution in [0.3, 0.4) is 0 Å². The first-order valence-electron chi connectivity index (χ1n) is 6.91. The molecule has 4 nitrogen and oxygen atoms in total. The number of aromatic nitrogens is 2. The molecule has 0 amide bonds. The van der Waals surface area contributed by atoms with E-state index >= 15 is 0 Å². The number of carbonyl (C=O) groups is 1. The maximum absolute atomic E-state index is 10.5. The van der Waals surface area contributed by atoms with Crippen LogP contribution in [0.2, 0.25) is 5.02 Å². The van der Waals surface area contributed by atoms with Crippen molar-refractivity contribution in [3.8, 4) is 5.69 Å². The zero-order valence-corrected chi connectivity index (χ0v) is 12.2. The van der Waals surface area contributed by atoms with Crippen LogP contribution in [-0.4, -0.2) is 20.6 Å². The first kappa shape index (κ1) is 13.9. The Morgan fingerprint density at radius 3 is 2.90 bits per heavy atom. The van der Waals surface area contributed by atoms with E-state index in [-0.39, 0.29) is 0 Å². The summed E-state index contributed by atoms with van der Waals surface area (Å²) in [5, 5.41) is 9.24. The molecule has 0 spiro atoms. The van der Waals surface area contributed by atoms with Crippen molar-refractivity contribution in [3.05, 3.63) is 52.6 Å². The van der Waals surface area contributed by atoms with E-state index in [2.05, 4.69) is 4.98 Å². The van der Waals surface area contributed by atoms with Gasteiger partial charge < -0.3 is 9.67 Å². The molecule has 0 fully saturated rings. The monoisotopic (exact) mass is 302 g/mol. The van der Waals surface area contributed by atoms with Crippen LogP contribution in [0.4, 0.5) is 0 Å². The van der Waals surface area contributed by atoms with Crippen LogP contribution >= 0.6 is 11.6 Å². The minimum atomic E-state index is -0.973. The molecule has 1 aromatic heterocycles. The van der Waals surface area contributed by atoms with Crippen molar-refractivity contribution in [2.24, 2.45) is 0 Å². The first-order chi connectivity index (χ1) is 10.1. The molecule has 3 rings (SSSR count). The SMILES string of the molecule is O=C(O)/C=C/c1ccc(-n2cnc3c2CCCC3)c(Cl)c1. The molecule has 0 saturated carbocycles. The third kappa shape index (κ3) is 2.85. The quantitative estimate of drug-likeness (QED) is 0.883. The van der Waals surface area contributed by atoms with Gasteiger partial charge in [0.15, 0.2) is 0 Å². The maximum atomic E-state index is 10.5. The highest BCUT2D eigenvalue weighted by Gasteiger charge is 2.17. The molecule has 0 radical (unpaired) electrons. The fourth-order valence-electron chi connectivity index (χ4n) is 2.67. The fraction of sp³-hybridized carbons (Fsp3) is 0.250. The number of nitrogens with zero attached hydrogens (tertiary/aromatic N) is 2. The van der Waals surface area contributed by atoms with Gasteiger partial charge in [0.05, 0.1) is 22.7 Å². The van der Waals surface area contributed by atoms with Gasteiger partial charge in [0.25, 0.3) is 0 Å². The number of aliphatic carboxylic acids is 1. The van der Waals surface area contributed by atoms with E-state index < -0.39 is 5.97 Å². The van der Waals surface area contributed by atoms with Gasteiger partial charge in [-0.15, -0.1) is 0 Å². The van der Waals surface area contributed by atoms with E-state index in [9.17, 15) is 4.79 Å². The summed E-state index contributed by atoms with van der Waals surface area (Å²) in [6.07, 6.45) is 8.87. The van der Waals surface area contributed by atoms with Gasteiger partial charge in [-0.3, -0.25) is 0 Å². The summed E-state index contributed by atoms with van der Waals surface area (Å²) >= 11 is 6.35. The van der Waals surface area contributed by atoms with Crippen LogP contribution in [0.25, 0.3) is 11.8 Å². The number of hydrogen-bond acceptors (Lipinski definition) is 2. The highest BCUT2D eigenvalue weighted by molar-refractivity contribution is 6.32. The summed E-state index contributed by atoms with van der Waals surface area (Å²) in [6.45, 7) is 0. The maximum Gasteiger partial charge on any atom is 0.328 e.